The fraction of sp³-hybridized carbons (Fsp3) is 0.556. The second kappa shape index (κ2) is 3.70. The van der Waals surface area contributed by atoms with E-state index in [1.165, 1.54) is 0 Å². The summed E-state index contributed by atoms with van der Waals surface area (Å²) in [5.41, 5.74) is 0.934. The van der Waals surface area contributed by atoms with Crippen LogP contribution in [0.15, 0.2) is 12.4 Å². The molecule has 13 heavy (non-hydrogen) atoms. The van der Waals surface area contributed by atoms with E-state index in [1.54, 1.807) is 12.4 Å². The third-order valence-corrected chi connectivity index (χ3v) is 2.04. The van der Waals surface area contributed by atoms with Crippen molar-refractivity contribution in [3.63, 3.8) is 0 Å². The minimum Gasteiger partial charge on any atom is -0.379 e. The van der Waals surface area contributed by atoms with E-state index < -0.39 is 0 Å². The molecule has 4 nitrogen and oxygen atoms in total. The maximum atomic E-state index is 5.25. The molecule has 1 unspecified atom stereocenters. The number of ether oxygens (including phenoxy) is 1. The number of anilines is 1. The quantitative estimate of drug-likeness (QED) is 0.735. The van der Waals surface area contributed by atoms with Gasteiger partial charge in [0.05, 0.1) is 24.5 Å². The molecule has 1 aromatic heterocycles. The predicted molar refractivity (Wildman–Crippen MR) is 49.6 cm³/mol. The average Bonchev–Trinajstić information content (AvgIpc) is 2.57. The Hall–Kier alpha value is -1.16. The Morgan fingerprint density at radius 3 is 3.15 bits per heavy atom. The van der Waals surface area contributed by atoms with E-state index in [9.17, 15) is 0 Å². The van der Waals surface area contributed by atoms with Crippen LogP contribution in [-0.4, -0.2) is 29.2 Å². The minimum absolute atomic E-state index is 0.399. The van der Waals surface area contributed by atoms with Crippen LogP contribution in [0.1, 0.15) is 12.1 Å². The van der Waals surface area contributed by atoms with Gasteiger partial charge in [-0.15, -0.1) is 0 Å². The zero-order valence-corrected chi connectivity index (χ0v) is 7.66. The molecule has 1 saturated heterocycles. The smallest absolute Gasteiger partial charge is 0.145 e. The number of hydrogen-bond donors (Lipinski definition) is 1. The molecule has 0 aromatic carbocycles. The van der Waals surface area contributed by atoms with E-state index in [-0.39, 0.29) is 0 Å². The highest BCUT2D eigenvalue weighted by molar-refractivity contribution is 5.33. The van der Waals surface area contributed by atoms with Crippen molar-refractivity contribution in [2.45, 2.75) is 19.4 Å². The van der Waals surface area contributed by atoms with Crippen LogP contribution in [0.4, 0.5) is 5.82 Å². The van der Waals surface area contributed by atoms with Crippen molar-refractivity contribution in [2.24, 2.45) is 0 Å². The lowest BCUT2D eigenvalue weighted by Gasteiger charge is -2.10. The standard InChI is InChI=1S/C9H13N3O/c1-7-4-10-5-9(11-7)12-8-2-3-13-6-8/h4-5,8H,2-3,6H2,1H3,(H,11,12). The van der Waals surface area contributed by atoms with Crippen molar-refractivity contribution in [3.8, 4) is 0 Å². The molecule has 2 rings (SSSR count). The average molecular weight is 179 g/mol. The summed E-state index contributed by atoms with van der Waals surface area (Å²) in [5, 5.41) is 3.28. The molecule has 0 saturated carbocycles. The Bertz CT molecular complexity index is 284. The number of hydrogen-bond acceptors (Lipinski definition) is 4. The number of rotatable bonds is 2. The van der Waals surface area contributed by atoms with Gasteiger partial charge in [0.1, 0.15) is 5.82 Å². The zero-order chi connectivity index (χ0) is 9.10. The zero-order valence-electron chi connectivity index (χ0n) is 7.66. The van der Waals surface area contributed by atoms with E-state index in [4.69, 9.17) is 4.74 Å². The van der Waals surface area contributed by atoms with Crippen molar-refractivity contribution < 1.29 is 4.74 Å². The molecule has 1 fully saturated rings. The highest BCUT2D eigenvalue weighted by atomic mass is 16.5. The van der Waals surface area contributed by atoms with Gasteiger partial charge in [0.25, 0.3) is 0 Å². The van der Waals surface area contributed by atoms with Crippen LogP contribution >= 0.6 is 0 Å². The van der Waals surface area contributed by atoms with E-state index in [1.807, 2.05) is 6.92 Å². The monoisotopic (exact) mass is 179 g/mol. The molecular formula is C9H13N3O. The fourth-order valence-electron chi connectivity index (χ4n) is 1.39. The Kier molecular flexibility index (Phi) is 2.40. The van der Waals surface area contributed by atoms with E-state index in [2.05, 4.69) is 15.3 Å². The summed E-state index contributed by atoms with van der Waals surface area (Å²) >= 11 is 0. The minimum atomic E-state index is 0.399. The van der Waals surface area contributed by atoms with Gasteiger partial charge in [-0.25, -0.2) is 4.98 Å². The Morgan fingerprint density at radius 2 is 2.46 bits per heavy atom. The summed E-state index contributed by atoms with van der Waals surface area (Å²) in [4.78, 5) is 8.37. The van der Waals surface area contributed by atoms with Crippen molar-refractivity contribution in [3.05, 3.63) is 18.1 Å². The van der Waals surface area contributed by atoms with Crippen LogP contribution in [0, 0.1) is 6.92 Å². The highest BCUT2D eigenvalue weighted by Crippen LogP contribution is 2.10. The van der Waals surface area contributed by atoms with Crippen LogP contribution in [0.25, 0.3) is 0 Å². The van der Waals surface area contributed by atoms with Gasteiger partial charge in [-0.2, -0.15) is 0 Å². The van der Waals surface area contributed by atoms with Gasteiger partial charge in [0.15, 0.2) is 0 Å². The lowest BCUT2D eigenvalue weighted by Crippen LogP contribution is -2.19. The lowest BCUT2D eigenvalue weighted by molar-refractivity contribution is 0.195. The number of aryl methyl sites for hydroxylation is 1. The van der Waals surface area contributed by atoms with Crippen LogP contribution in [0.3, 0.4) is 0 Å². The van der Waals surface area contributed by atoms with Gasteiger partial charge in [0, 0.05) is 12.8 Å². The van der Waals surface area contributed by atoms with Crippen molar-refractivity contribution >= 4 is 5.82 Å². The molecule has 1 aliphatic heterocycles. The third kappa shape index (κ3) is 2.15. The molecular weight excluding hydrogens is 166 g/mol. The van der Waals surface area contributed by atoms with Crippen molar-refractivity contribution in [1.29, 1.82) is 0 Å². The predicted octanol–water partition coefficient (Wildman–Crippen LogP) is 0.986. The first-order valence-corrected chi connectivity index (χ1v) is 4.47. The second-order valence-corrected chi connectivity index (χ2v) is 3.25. The summed E-state index contributed by atoms with van der Waals surface area (Å²) in [7, 11) is 0. The molecule has 1 aromatic rings. The first-order valence-electron chi connectivity index (χ1n) is 4.47. The van der Waals surface area contributed by atoms with Crippen LogP contribution in [-0.2, 0) is 4.74 Å². The van der Waals surface area contributed by atoms with Crippen LogP contribution < -0.4 is 5.32 Å². The molecule has 1 atom stereocenters. The van der Waals surface area contributed by atoms with Crippen molar-refractivity contribution in [2.75, 3.05) is 18.5 Å². The number of aromatic nitrogens is 2. The van der Waals surface area contributed by atoms with Crippen LogP contribution in [0.5, 0.6) is 0 Å². The topological polar surface area (TPSA) is 47.0 Å². The Labute approximate surface area is 77.4 Å². The van der Waals surface area contributed by atoms with Gasteiger partial charge in [-0.3, -0.25) is 4.98 Å². The summed E-state index contributed by atoms with van der Waals surface area (Å²) < 4.78 is 5.25. The van der Waals surface area contributed by atoms with Gasteiger partial charge in [-0.1, -0.05) is 0 Å². The first kappa shape index (κ1) is 8.44. The highest BCUT2D eigenvalue weighted by Gasteiger charge is 2.15. The Balaban J connectivity index is 2.00. The molecule has 0 spiro atoms. The van der Waals surface area contributed by atoms with Gasteiger partial charge in [0.2, 0.25) is 0 Å². The summed E-state index contributed by atoms with van der Waals surface area (Å²) in [6, 6.07) is 0.399. The molecule has 1 aliphatic rings. The molecule has 0 amide bonds. The number of nitrogens with zero attached hydrogens (tertiary/aromatic N) is 2. The molecule has 4 heteroatoms. The van der Waals surface area contributed by atoms with Gasteiger partial charge in [-0.05, 0) is 13.3 Å². The fourth-order valence-corrected chi connectivity index (χ4v) is 1.39. The Morgan fingerprint density at radius 1 is 1.54 bits per heavy atom. The maximum Gasteiger partial charge on any atom is 0.145 e. The normalized spacial score (nSPS) is 21.8. The SMILES string of the molecule is Cc1cncc(NC2CCOC2)n1. The van der Waals surface area contributed by atoms with Gasteiger partial charge >= 0.3 is 0 Å². The van der Waals surface area contributed by atoms with Crippen LogP contribution in [0.2, 0.25) is 0 Å². The molecule has 1 N–H and O–H groups in total. The summed E-state index contributed by atoms with van der Waals surface area (Å²) in [6.45, 7) is 3.55. The lowest BCUT2D eigenvalue weighted by atomic mass is 10.3. The molecule has 2 heterocycles. The second-order valence-electron chi connectivity index (χ2n) is 3.25. The summed E-state index contributed by atoms with van der Waals surface area (Å²) in [5.74, 6) is 0.843. The van der Waals surface area contributed by atoms with E-state index in [0.717, 1.165) is 31.1 Å². The van der Waals surface area contributed by atoms with Gasteiger partial charge < -0.3 is 10.1 Å². The van der Waals surface area contributed by atoms with E-state index >= 15 is 0 Å². The first-order chi connectivity index (χ1) is 6.34. The maximum absolute atomic E-state index is 5.25. The largest absolute Gasteiger partial charge is 0.379 e. The molecule has 0 radical (unpaired) electrons. The molecule has 0 aliphatic carbocycles. The summed E-state index contributed by atoms with van der Waals surface area (Å²) in [6.07, 6.45) is 4.54. The molecule has 0 bridgehead atoms. The van der Waals surface area contributed by atoms with E-state index in [0.29, 0.717) is 6.04 Å². The third-order valence-electron chi connectivity index (χ3n) is 2.04. The molecule has 70 valence electrons. The van der Waals surface area contributed by atoms with Crippen molar-refractivity contribution in [1.82, 2.24) is 9.97 Å². The number of nitrogens with one attached hydrogen (secondary N) is 1.